The summed E-state index contributed by atoms with van der Waals surface area (Å²) in [7, 11) is 1.71. The van der Waals surface area contributed by atoms with Gasteiger partial charge in [-0.05, 0) is 23.9 Å². The van der Waals surface area contributed by atoms with Gasteiger partial charge in [0, 0.05) is 36.6 Å². The minimum atomic E-state index is -0.0869. The van der Waals surface area contributed by atoms with Crippen molar-refractivity contribution in [3.63, 3.8) is 0 Å². The number of aliphatic imine (C=N–C) groups is 1. The highest BCUT2D eigenvalue weighted by Gasteiger charge is 2.30. The number of nitrogens with zero attached hydrogens (tertiary/aromatic N) is 5. The molecule has 1 amide bonds. The predicted octanol–water partition coefficient (Wildman–Crippen LogP) is 3.32. The van der Waals surface area contributed by atoms with Crippen LogP contribution in [0.4, 0.5) is 5.13 Å². The van der Waals surface area contributed by atoms with Gasteiger partial charge in [-0.2, -0.15) is 4.99 Å². The normalized spacial score (nSPS) is 18.2. The molecule has 0 saturated carbocycles. The average molecular weight is 353 g/mol. The molecule has 24 heavy (non-hydrogen) atoms. The number of rotatable bonds is 2. The first-order valence-electron chi connectivity index (χ1n) is 7.08. The zero-order valence-electron chi connectivity index (χ0n) is 12.6. The molecule has 0 N–H and O–H groups in total. The molecule has 1 saturated heterocycles. The number of carbonyl (C=O) groups is 1. The van der Waals surface area contributed by atoms with Gasteiger partial charge >= 0.3 is 0 Å². The van der Waals surface area contributed by atoms with Gasteiger partial charge in [0.2, 0.25) is 5.13 Å². The van der Waals surface area contributed by atoms with Gasteiger partial charge in [-0.15, -0.1) is 11.3 Å². The number of fused-ring (bicyclic) bond motifs is 1. The number of aromatic nitrogens is 3. The van der Waals surface area contributed by atoms with Gasteiger partial charge in [0.15, 0.2) is 5.17 Å². The Bertz CT molecular complexity index is 976. The molecule has 1 aliphatic rings. The molecule has 1 aromatic carbocycles. The number of amides is 1. The number of carbonyl (C=O) groups excluding carboxylic acids is 1. The molecular weight excluding hydrogens is 342 g/mol. The number of likely N-dealkylation sites (N-methyl/N-ethyl adjacent to an activating group) is 1. The molecular formula is C16H11N5OS2. The third-order valence-electron chi connectivity index (χ3n) is 3.43. The second kappa shape index (κ2) is 6.14. The summed E-state index contributed by atoms with van der Waals surface area (Å²) in [6.07, 6.45) is 6.83. The first-order valence-corrected chi connectivity index (χ1v) is 8.77. The van der Waals surface area contributed by atoms with Crippen LogP contribution in [-0.2, 0) is 4.79 Å². The van der Waals surface area contributed by atoms with Crippen LogP contribution in [0.15, 0.2) is 52.1 Å². The van der Waals surface area contributed by atoms with Crippen LogP contribution in [0.3, 0.4) is 0 Å². The maximum absolute atomic E-state index is 12.5. The summed E-state index contributed by atoms with van der Waals surface area (Å²) in [4.78, 5) is 31.8. The van der Waals surface area contributed by atoms with Crippen LogP contribution in [0, 0.1) is 0 Å². The highest BCUT2D eigenvalue weighted by Crippen LogP contribution is 2.34. The summed E-state index contributed by atoms with van der Waals surface area (Å²) >= 11 is 2.77. The molecule has 6 nitrogen and oxygen atoms in total. The zero-order valence-corrected chi connectivity index (χ0v) is 14.2. The van der Waals surface area contributed by atoms with Crippen LogP contribution in [0.25, 0.3) is 17.1 Å². The largest absolute Gasteiger partial charge is 0.289 e. The van der Waals surface area contributed by atoms with Gasteiger partial charge in [0.05, 0.1) is 15.9 Å². The Balaban J connectivity index is 1.74. The molecule has 0 radical (unpaired) electrons. The summed E-state index contributed by atoms with van der Waals surface area (Å²) in [5, 5.41) is 3.11. The lowest BCUT2D eigenvalue weighted by Gasteiger charge is -2.05. The molecule has 3 heterocycles. The second-order valence-corrected chi connectivity index (χ2v) is 6.84. The van der Waals surface area contributed by atoms with Gasteiger partial charge in [-0.3, -0.25) is 19.7 Å². The first kappa shape index (κ1) is 15.0. The van der Waals surface area contributed by atoms with E-state index in [1.54, 1.807) is 25.6 Å². The van der Waals surface area contributed by atoms with Crippen molar-refractivity contribution in [2.75, 3.05) is 7.05 Å². The number of thioether (sulfide) groups is 1. The van der Waals surface area contributed by atoms with E-state index in [-0.39, 0.29) is 5.91 Å². The van der Waals surface area contributed by atoms with Crippen molar-refractivity contribution in [2.45, 2.75) is 0 Å². The quantitative estimate of drug-likeness (QED) is 0.661. The fraction of sp³-hybridized carbons (Fsp3) is 0.0625. The molecule has 0 bridgehead atoms. The summed E-state index contributed by atoms with van der Waals surface area (Å²) in [6.45, 7) is 0. The van der Waals surface area contributed by atoms with Crippen LogP contribution in [0.1, 0.15) is 5.56 Å². The van der Waals surface area contributed by atoms with Crippen molar-refractivity contribution >= 4 is 56.4 Å². The minimum Gasteiger partial charge on any atom is -0.289 e. The van der Waals surface area contributed by atoms with Gasteiger partial charge in [-0.25, -0.2) is 4.98 Å². The van der Waals surface area contributed by atoms with Crippen molar-refractivity contribution in [3.05, 3.63) is 52.6 Å². The summed E-state index contributed by atoms with van der Waals surface area (Å²) < 4.78 is 0. The smallest absolute Gasteiger partial charge is 0.266 e. The monoisotopic (exact) mass is 353 g/mol. The molecule has 1 aliphatic heterocycles. The molecule has 118 valence electrons. The lowest BCUT2D eigenvalue weighted by Crippen LogP contribution is -2.23. The van der Waals surface area contributed by atoms with Crippen molar-refractivity contribution in [2.24, 2.45) is 4.99 Å². The Morgan fingerprint density at radius 2 is 2.04 bits per heavy atom. The first-order chi connectivity index (χ1) is 11.7. The predicted molar refractivity (Wildman–Crippen MR) is 97.1 cm³/mol. The van der Waals surface area contributed by atoms with Crippen LogP contribution in [-0.4, -0.2) is 38.0 Å². The Kier molecular flexibility index (Phi) is 3.83. The van der Waals surface area contributed by atoms with E-state index >= 15 is 0 Å². The molecule has 0 spiro atoms. The molecule has 0 atom stereocenters. The van der Waals surface area contributed by atoms with Crippen LogP contribution < -0.4 is 0 Å². The highest BCUT2D eigenvalue weighted by molar-refractivity contribution is 8.18. The SMILES string of the molecule is CN1C(=O)/C(=C/c2cccc3nccnc23)S/C1=N/c1nccs1. The van der Waals surface area contributed by atoms with Crippen molar-refractivity contribution in [1.82, 2.24) is 19.9 Å². The van der Waals surface area contributed by atoms with E-state index in [0.29, 0.717) is 15.2 Å². The summed E-state index contributed by atoms with van der Waals surface area (Å²) in [5.74, 6) is -0.0869. The van der Waals surface area contributed by atoms with E-state index in [1.165, 1.54) is 28.0 Å². The van der Waals surface area contributed by atoms with E-state index in [9.17, 15) is 4.79 Å². The minimum absolute atomic E-state index is 0.0869. The van der Waals surface area contributed by atoms with E-state index < -0.39 is 0 Å². The van der Waals surface area contributed by atoms with E-state index in [4.69, 9.17) is 0 Å². The number of thiazole rings is 1. The maximum atomic E-state index is 12.5. The number of para-hydroxylation sites is 1. The number of hydrogen-bond donors (Lipinski definition) is 0. The highest BCUT2D eigenvalue weighted by atomic mass is 32.2. The van der Waals surface area contributed by atoms with Crippen LogP contribution in [0.2, 0.25) is 0 Å². The van der Waals surface area contributed by atoms with Crippen molar-refractivity contribution < 1.29 is 4.79 Å². The molecule has 2 aromatic heterocycles. The molecule has 3 aromatic rings. The molecule has 4 rings (SSSR count). The van der Waals surface area contributed by atoms with Gasteiger partial charge in [0.1, 0.15) is 0 Å². The van der Waals surface area contributed by atoms with E-state index in [2.05, 4.69) is 19.9 Å². The lowest BCUT2D eigenvalue weighted by molar-refractivity contribution is -0.121. The van der Waals surface area contributed by atoms with Crippen LogP contribution in [0.5, 0.6) is 0 Å². The van der Waals surface area contributed by atoms with Crippen LogP contribution >= 0.6 is 23.1 Å². The number of benzene rings is 1. The third-order valence-corrected chi connectivity index (χ3v) is 5.16. The Labute approximate surface area is 146 Å². The maximum Gasteiger partial charge on any atom is 0.266 e. The zero-order chi connectivity index (χ0) is 16.5. The molecule has 0 aliphatic carbocycles. The topological polar surface area (TPSA) is 71.3 Å². The van der Waals surface area contributed by atoms with Gasteiger partial charge < -0.3 is 0 Å². The fourth-order valence-corrected chi connectivity index (χ4v) is 3.80. The van der Waals surface area contributed by atoms with Crippen molar-refractivity contribution in [3.8, 4) is 0 Å². The second-order valence-electron chi connectivity index (χ2n) is 4.96. The fourth-order valence-electron chi connectivity index (χ4n) is 2.28. The third kappa shape index (κ3) is 2.70. The van der Waals surface area contributed by atoms with E-state index in [1.807, 2.05) is 29.7 Å². The average Bonchev–Trinajstić information content (AvgIpc) is 3.20. The van der Waals surface area contributed by atoms with Gasteiger partial charge in [-0.1, -0.05) is 12.1 Å². The Morgan fingerprint density at radius 1 is 1.17 bits per heavy atom. The summed E-state index contributed by atoms with van der Waals surface area (Å²) in [6, 6.07) is 5.73. The van der Waals surface area contributed by atoms with Gasteiger partial charge in [0.25, 0.3) is 5.91 Å². The van der Waals surface area contributed by atoms with Crippen molar-refractivity contribution in [1.29, 1.82) is 0 Å². The summed E-state index contributed by atoms with van der Waals surface area (Å²) in [5.41, 5.74) is 2.43. The molecule has 0 unspecified atom stereocenters. The number of hydrogen-bond acceptors (Lipinski definition) is 7. The molecule has 8 heteroatoms. The molecule has 1 fully saturated rings. The van der Waals surface area contributed by atoms with E-state index in [0.717, 1.165) is 16.6 Å². The number of amidine groups is 1. The Morgan fingerprint density at radius 3 is 2.88 bits per heavy atom. The lowest BCUT2D eigenvalue weighted by atomic mass is 10.1. The Hall–Kier alpha value is -2.58. The standard InChI is InChI=1S/C16H11N5OS2/c1-21-14(22)12(24-16(21)20-15-19-7-8-23-15)9-10-3-2-4-11-13(10)18-6-5-17-11/h2-9H,1H3/b12-9-,20-16+.